The number of thiazole rings is 1. The summed E-state index contributed by atoms with van der Waals surface area (Å²) in [6, 6.07) is 13.1. The van der Waals surface area contributed by atoms with E-state index < -0.39 is 16.1 Å². The third-order valence-corrected chi connectivity index (χ3v) is 8.36. The Balaban J connectivity index is 1.33. The molecule has 8 nitrogen and oxygen atoms in total. The topological polar surface area (TPSA) is 97.8 Å². The van der Waals surface area contributed by atoms with Crippen molar-refractivity contribution in [1.82, 2.24) is 9.29 Å². The Morgan fingerprint density at radius 2 is 1.85 bits per heavy atom. The number of nitrogens with zero attached hydrogens (tertiary/aromatic N) is 2. The van der Waals surface area contributed by atoms with Gasteiger partial charge in [0.15, 0.2) is 16.6 Å². The summed E-state index contributed by atoms with van der Waals surface area (Å²) in [5.41, 5.74) is 1.55. The second-order valence-corrected chi connectivity index (χ2v) is 10.6. The predicted molar refractivity (Wildman–Crippen MR) is 125 cm³/mol. The minimum absolute atomic E-state index is 0.194. The Bertz CT molecular complexity index is 1260. The van der Waals surface area contributed by atoms with Crippen molar-refractivity contribution in [2.45, 2.75) is 30.2 Å². The Kier molecular flexibility index (Phi) is 6.05. The van der Waals surface area contributed by atoms with Gasteiger partial charge in [0.2, 0.25) is 15.9 Å². The third kappa shape index (κ3) is 4.46. The Labute approximate surface area is 196 Å². The fraction of sp³-hybridized carbons (Fsp3) is 0.304. The van der Waals surface area contributed by atoms with Crippen LogP contribution in [0.4, 0.5) is 5.13 Å². The van der Waals surface area contributed by atoms with Gasteiger partial charge in [-0.2, -0.15) is 4.31 Å². The number of amides is 1. The lowest BCUT2D eigenvalue weighted by Gasteiger charge is -2.33. The molecule has 0 aliphatic carbocycles. The zero-order chi connectivity index (χ0) is 22.8. The molecule has 0 saturated carbocycles. The molecular formula is C23H23N3O5S2. The summed E-state index contributed by atoms with van der Waals surface area (Å²) in [7, 11) is -3.77. The number of rotatable bonds is 5. The minimum Gasteiger partial charge on any atom is -0.486 e. The van der Waals surface area contributed by atoms with E-state index in [1.165, 1.54) is 15.6 Å². The number of carbonyl (C=O) groups is 1. The Morgan fingerprint density at radius 1 is 1.06 bits per heavy atom. The molecule has 1 saturated heterocycles. The van der Waals surface area contributed by atoms with Crippen LogP contribution in [0.3, 0.4) is 0 Å². The van der Waals surface area contributed by atoms with Gasteiger partial charge in [0, 0.05) is 17.5 Å². The summed E-state index contributed by atoms with van der Waals surface area (Å²) in [6.07, 6.45) is 1.98. The van der Waals surface area contributed by atoms with E-state index in [4.69, 9.17) is 9.47 Å². The van der Waals surface area contributed by atoms with Crippen LogP contribution in [0.15, 0.2) is 58.8 Å². The molecule has 5 rings (SSSR count). The fourth-order valence-corrected chi connectivity index (χ4v) is 6.44. The standard InChI is InChI=1S/C23H23N3O5S2/c27-22(19-8-4-5-11-26(19)33(28,29)17-6-2-1-3-7-17)25-23-24-18(15-32-23)16-9-10-20-21(14-16)31-13-12-30-20/h1-3,6-7,9-10,14-15,19H,4-5,8,11-13H2,(H,24,25,27)/t19-/m0/s1. The molecular weight excluding hydrogens is 462 g/mol. The quantitative estimate of drug-likeness (QED) is 0.591. The van der Waals surface area contributed by atoms with Crippen LogP contribution in [-0.4, -0.2) is 49.4 Å². The highest BCUT2D eigenvalue weighted by atomic mass is 32.2. The highest BCUT2D eigenvalue weighted by Gasteiger charge is 2.37. The van der Waals surface area contributed by atoms with Gasteiger partial charge in [-0.05, 0) is 43.2 Å². The van der Waals surface area contributed by atoms with Gasteiger partial charge in [0.05, 0.1) is 10.6 Å². The smallest absolute Gasteiger partial charge is 0.244 e. The number of piperidine rings is 1. The number of benzene rings is 2. The van der Waals surface area contributed by atoms with Gasteiger partial charge in [0.1, 0.15) is 19.3 Å². The molecule has 0 radical (unpaired) electrons. The maximum atomic E-state index is 13.2. The highest BCUT2D eigenvalue weighted by Crippen LogP contribution is 2.35. The molecule has 1 N–H and O–H groups in total. The number of fused-ring (bicyclic) bond motifs is 1. The maximum Gasteiger partial charge on any atom is 0.244 e. The summed E-state index contributed by atoms with van der Waals surface area (Å²) in [5.74, 6) is 1.00. The van der Waals surface area contributed by atoms with Crippen molar-refractivity contribution in [1.29, 1.82) is 0 Å². The molecule has 2 aromatic carbocycles. The van der Waals surface area contributed by atoms with Crippen LogP contribution < -0.4 is 14.8 Å². The van der Waals surface area contributed by atoms with Crippen molar-refractivity contribution in [3.05, 3.63) is 53.9 Å². The summed E-state index contributed by atoms with van der Waals surface area (Å²) >= 11 is 1.30. The second-order valence-electron chi connectivity index (χ2n) is 7.83. The number of hydrogen-bond donors (Lipinski definition) is 1. The van der Waals surface area contributed by atoms with Gasteiger partial charge >= 0.3 is 0 Å². The number of carbonyl (C=O) groups excluding carboxylic acids is 1. The molecule has 10 heteroatoms. The third-order valence-electron chi connectivity index (χ3n) is 5.68. The van der Waals surface area contributed by atoms with Crippen LogP contribution >= 0.6 is 11.3 Å². The van der Waals surface area contributed by atoms with Crippen LogP contribution in [-0.2, 0) is 14.8 Å². The van der Waals surface area contributed by atoms with Crippen molar-refractivity contribution in [2.75, 3.05) is 25.1 Å². The van der Waals surface area contributed by atoms with E-state index in [1.54, 1.807) is 30.3 Å². The molecule has 33 heavy (non-hydrogen) atoms. The first-order chi connectivity index (χ1) is 16.0. The van der Waals surface area contributed by atoms with E-state index in [1.807, 2.05) is 23.6 Å². The lowest BCUT2D eigenvalue weighted by Crippen LogP contribution is -2.49. The molecule has 3 heterocycles. The number of anilines is 1. The van der Waals surface area contributed by atoms with E-state index in [9.17, 15) is 13.2 Å². The number of hydrogen-bond acceptors (Lipinski definition) is 7. The molecule has 3 aromatic rings. The van der Waals surface area contributed by atoms with Crippen LogP contribution in [0.1, 0.15) is 19.3 Å². The first-order valence-corrected chi connectivity index (χ1v) is 13.1. The second kappa shape index (κ2) is 9.12. The number of sulfonamides is 1. The van der Waals surface area contributed by atoms with Gasteiger partial charge in [-0.15, -0.1) is 11.3 Å². The zero-order valence-electron chi connectivity index (χ0n) is 17.8. The molecule has 1 amide bonds. The monoisotopic (exact) mass is 485 g/mol. The van der Waals surface area contributed by atoms with E-state index in [2.05, 4.69) is 10.3 Å². The average Bonchev–Trinajstić information content (AvgIpc) is 3.32. The average molecular weight is 486 g/mol. The van der Waals surface area contributed by atoms with Crippen LogP contribution in [0.5, 0.6) is 11.5 Å². The van der Waals surface area contributed by atoms with Crippen LogP contribution in [0.2, 0.25) is 0 Å². The molecule has 0 unspecified atom stereocenters. The molecule has 172 valence electrons. The van der Waals surface area contributed by atoms with Crippen molar-refractivity contribution in [3.8, 4) is 22.8 Å². The first-order valence-electron chi connectivity index (χ1n) is 10.8. The van der Waals surface area contributed by atoms with Gasteiger partial charge < -0.3 is 14.8 Å². The van der Waals surface area contributed by atoms with E-state index in [0.29, 0.717) is 48.5 Å². The molecule has 2 aliphatic rings. The Hall–Kier alpha value is -2.95. The first kappa shape index (κ1) is 21.9. The number of ether oxygens (including phenoxy) is 2. The van der Waals surface area contributed by atoms with Crippen LogP contribution in [0.25, 0.3) is 11.3 Å². The lowest BCUT2D eigenvalue weighted by molar-refractivity contribution is -0.120. The molecule has 1 aromatic heterocycles. The predicted octanol–water partition coefficient (Wildman–Crippen LogP) is 3.76. The van der Waals surface area contributed by atoms with Gasteiger partial charge in [0.25, 0.3) is 0 Å². The lowest BCUT2D eigenvalue weighted by atomic mass is 10.0. The van der Waals surface area contributed by atoms with Crippen molar-refractivity contribution >= 4 is 32.4 Å². The summed E-state index contributed by atoms with van der Waals surface area (Å²) in [4.78, 5) is 17.8. The maximum absolute atomic E-state index is 13.2. The summed E-state index contributed by atoms with van der Waals surface area (Å²) in [6.45, 7) is 1.34. The normalized spacial score (nSPS) is 18.6. The molecule has 1 fully saturated rings. The van der Waals surface area contributed by atoms with Gasteiger partial charge in [-0.1, -0.05) is 24.6 Å². The summed E-state index contributed by atoms with van der Waals surface area (Å²) in [5, 5.41) is 5.10. The van der Waals surface area contributed by atoms with E-state index in [-0.39, 0.29) is 10.8 Å². The van der Waals surface area contributed by atoms with E-state index >= 15 is 0 Å². The number of nitrogens with one attached hydrogen (secondary N) is 1. The highest BCUT2D eigenvalue weighted by molar-refractivity contribution is 7.89. The molecule has 1 atom stereocenters. The number of aromatic nitrogens is 1. The largest absolute Gasteiger partial charge is 0.486 e. The van der Waals surface area contributed by atoms with Gasteiger partial charge in [-0.3, -0.25) is 4.79 Å². The van der Waals surface area contributed by atoms with Crippen molar-refractivity contribution in [2.24, 2.45) is 0 Å². The molecule has 0 spiro atoms. The van der Waals surface area contributed by atoms with Crippen LogP contribution in [0, 0.1) is 0 Å². The Morgan fingerprint density at radius 3 is 2.67 bits per heavy atom. The molecule has 0 bridgehead atoms. The zero-order valence-corrected chi connectivity index (χ0v) is 19.4. The van der Waals surface area contributed by atoms with Crippen molar-refractivity contribution < 1.29 is 22.7 Å². The van der Waals surface area contributed by atoms with Gasteiger partial charge in [-0.25, -0.2) is 13.4 Å². The fourth-order valence-electron chi connectivity index (χ4n) is 4.04. The minimum atomic E-state index is -3.77. The van der Waals surface area contributed by atoms with E-state index in [0.717, 1.165) is 18.4 Å². The molecule has 2 aliphatic heterocycles. The van der Waals surface area contributed by atoms with Crippen molar-refractivity contribution in [3.63, 3.8) is 0 Å². The summed E-state index contributed by atoms with van der Waals surface area (Å²) < 4.78 is 38.8. The SMILES string of the molecule is O=C(Nc1nc(-c2ccc3c(c2)OCCO3)cs1)[C@@H]1CCCCN1S(=O)(=O)c1ccccc1.